The normalized spacial score (nSPS) is 10.4. The summed E-state index contributed by atoms with van der Waals surface area (Å²) in [5.74, 6) is 2.59. The molecule has 0 heterocycles. The molecule has 0 aliphatic heterocycles. The van der Waals surface area contributed by atoms with Gasteiger partial charge in [0.05, 0.1) is 7.11 Å². The lowest BCUT2D eigenvalue weighted by molar-refractivity contribution is 0.412. The molecule has 0 spiro atoms. The lowest BCUT2D eigenvalue weighted by atomic mass is 10.0. The molecule has 2 aromatic carbocycles. The van der Waals surface area contributed by atoms with Crippen LogP contribution in [0, 0.1) is 13.8 Å². The van der Waals surface area contributed by atoms with E-state index in [-0.39, 0.29) is 0 Å². The van der Waals surface area contributed by atoms with Gasteiger partial charge in [-0.05, 0) is 61.2 Å². The second-order valence-corrected chi connectivity index (χ2v) is 5.57. The molecule has 0 atom stereocenters. The third-order valence-corrected chi connectivity index (χ3v) is 3.58. The zero-order chi connectivity index (χ0) is 14.5. The highest BCUT2D eigenvalue weighted by Gasteiger charge is 2.08. The highest BCUT2D eigenvalue weighted by atomic mass is 79.9. The average Bonchev–Trinajstić information content (AvgIpc) is 2.44. The summed E-state index contributed by atoms with van der Waals surface area (Å²) in [6, 6.07) is 12.0. The van der Waals surface area contributed by atoms with Crippen LogP contribution in [0.2, 0.25) is 0 Å². The Balaban J connectivity index is 2.23. The Kier molecular flexibility index (Phi) is 5.07. The number of methoxy groups -OCH3 is 1. The fraction of sp³-hybridized carbons (Fsp3) is 0.294. The van der Waals surface area contributed by atoms with E-state index in [1.807, 2.05) is 24.3 Å². The fourth-order valence-corrected chi connectivity index (χ4v) is 2.67. The van der Waals surface area contributed by atoms with Gasteiger partial charge in [-0.25, -0.2) is 0 Å². The zero-order valence-corrected chi connectivity index (χ0v) is 13.7. The van der Waals surface area contributed by atoms with E-state index in [1.54, 1.807) is 7.11 Å². The van der Waals surface area contributed by atoms with Crippen LogP contribution in [0.25, 0.3) is 0 Å². The summed E-state index contributed by atoms with van der Waals surface area (Å²) in [5.41, 5.74) is 3.66. The first-order valence-electron chi connectivity index (χ1n) is 6.62. The highest BCUT2D eigenvalue weighted by molar-refractivity contribution is 9.09. The lowest BCUT2D eigenvalue weighted by Gasteiger charge is -2.14. The van der Waals surface area contributed by atoms with Gasteiger partial charge in [0.2, 0.25) is 0 Å². The van der Waals surface area contributed by atoms with E-state index in [9.17, 15) is 0 Å². The van der Waals surface area contributed by atoms with Gasteiger partial charge in [0, 0.05) is 5.33 Å². The molecule has 0 radical (unpaired) electrons. The van der Waals surface area contributed by atoms with E-state index >= 15 is 0 Å². The number of halogens is 1. The van der Waals surface area contributed by atoms with Crippen molar-refractivity contribution < 1.29 is 9.47 Å². The van der Waals surface area contributed by atoms with E-state index in [0.29, 0.717) is 0 Å². The second kappa shape index (κ2) is 6.80. The molecule has 2 nitrogen and oxygen atoms in total. The van der Waals surface area contributed by atoms with Crippen molar-refractivity contribution in [3.05, 3.63) is 53.1 Å². The maximum absolute atomic E-state index is 6.01. The predicted octanol–water partition coefficient (Wildman–Crippen LogP) is 5.04. The van der Waals surface area contributed by atoms with E-state index in [0.717, 1.165) is 40.1 Å². The van der Waals surface area contributed by atoms with Gasteiger partial charge in [-0.2, -0.15) is 0 Å². The number of alkyl halides is 1. The van der Waals surface area contributed by atoms with Crippen LogP contribution >= 0.6 is 15.9 Å². The molecule has 0 aliphatic rings. The smallest absolute Gasteiger partial charge is 0.133 e. The molecule has 0 unspecified atom stereocenters. The first-order valence-corrected chi connectivity index (χ1v) is 7.74. The minimum atomic E-state index is 0.824. The molecule has 0 aliphatic carbocycles. The molecule has 0 fully saturated rings. The number of hydrogen-bond acceptors (Lipinski definition) is 2. The monoisotopic (exact) mass is 334 g/mol. The van der Waals surface area contributed by atoms with Gasteiger partial charge in [-0.15, -0.1) is 0 Å². The minimum absolute atomic E-state index is 0.824. The van der Waals surface area contributed by atoms with Gasteiger partial charge in [0.25, 0.3) is 0 Å². The van der Waals surface area contributed by atoms with E-state index < -0.39 is 0 Å². The van der Waals surface area contributed by atoms with E-state index in [4.69, 9.17) is 9.47 Å². The first kappa shape index (κ1) is 14.9. The summed E-state index contributed by atoms with van der Waals surface area (Å²) in [6.45, 7) is 4.17. The Bertz CT molecular complexity index is 553. The second-order valence-electron chi connectivity index (χ2n) is 4.78. The molecule has 3 heteroatoms. The lowest BCUT2D eigenvalue weighted by Crippen LogP contribution is -1.95. The van der Waals surface area contributed by atoms with Gasteiger partial charge < -0.3 is 9.47 Å². The highest BCUT2D eigenvalue weighted by Crippen LogP contribution is 2.31. The van der Waals surface area contributed by atoms with Gasteiger partial charge >= 0.3 is 0 Å². The van der Waals surface area contributed by atoms with Crippen molar-refractivity contribution in [2.75, 3.05) is 12.4 Å². The summed E-state index contributed by atoms with van der Waals surface area (Å²) >= 11 is 3.48. The minimum Gasteiger partial charge on any atom is -0.497 e. The number of ether oxygens (including phenoxy) is 2. The van der Waals surface area contributed by atoms with Crippen molar-refractivity contribution in [2.24, 2.45) is 0 Å². The third-order valence-electron chi connectivity index (χ3n) is 3.18. The van der Waals surface area contributed by atoms with Crippen LogP contribution in [0.1, 0.15) is 16.7 Å². The summed E-state index contributed by atoms with van der Waals surface area (Å²) in [5, 5.41) is 0.977. The van der Waals surface area contributed by atoms with Crippen LogP contribution < -0.4 is 9.47 Å². The largest absolute Gasteiger partial charge is 0.497 e. The molecule has 0 N–H and O–H groups in total. The first-order chi connectivity index (χ1) is 9.63. The summed E-state index contributed by atoms with van der Waals surface area (Å²) in [6.07, 6.45) is 1.03. The van der Waals surface area contributed by atoms with Crippen molar-refractivity contribution in [1.82, 2.24) is 0 Å². The van der Waals surface area contributed by atoms with Crippen LogP contribution in [0.5, 0.6) is 17.2 Å². The standard InChI is InChI=1S/C17H19BrO2/c1-12-10-14(8-9-18)11-13(2)17(12)20-16-6-4-15(19-3)5-7-16/h4-7,10-11H,8-9H2,1-3H3. The fourth-order valence-electron chi connectivity index (χ4n) is 2.22. The van der Waals surface area contributed by atoms with Crippen molar-refractivity contribution in [3.63, 3.8) is 0 Å². The number of hydrogen-bond donors (Lipinski definition) is 0. The molecule has 0 saturated heterocycles. The molecule has 2 rings (SSSR count). The van der Waals surface area contributed by atoms with Crippen LogP contribution in [0.4, 0.5) is 0 Å². The summed E-state index contributed by atoms with van der Waals surface area (Å²) in [4.78, 5) is 0. The molecule has 20 heavy (non-hydrogen) atoms. The Labute approximate surface area is 128 Å². The van der Waals surface area contributed by atoms with Gasteiger partial charge in [0.15, 0.2) is 0 Å². The van der Waals surface area contributed by atoms with Crippen molar-refractivity contribution in [3.8, 4) is 17.2 Å². The van der Waals surface area contributed by atoms with Crippen LogP contribution in [0.3, 0.4) is 0 Å². The Morgan fingerprint density at radius 2 is 1.50 bits per heavy atom. The van der Waals surface area contributed by atoms with Crippen molar-refractivity contribution in [2.45, 2.75) is 20.3 Å². The van der Waals surface area contributed by atoms with Crippen LogP contribution in [-0.2, 0) is 6.42 Å². The molecule has 0 saturated carbocycles. The topological polar surface area (TPSA) is 18.5 Å². The van der Waals surface area contributed by atoms with Crippen molar-refractivity contribution >= 4 is 15.9 Å². The molecule has 0 amide bonds. The number of benzene rings is 2. The maximum Gasteiger partial charge on any atom is 0.133 e. The van der Waals surface area contributed by atoms with Crippen LogP contribution in [-0.4, -0.2) is 12.4 Å². The molecular weight excluding hydrogens is 316 g/mol. The van der Waals surface area contributed by atoms with Gasteiger partial charge in [-0.1, -0.05) is 28.1 Å². The maximum atomic E-state index is 6.01. The summed E-state index contributed by atoms with van der Waals surface area (Å²) < 4.78 is 11.2. The number of aryl methyl sites for hydroxylation is 3. The SMILES string of the molecule is COc1ccc(Oc2c(C)cc(CCBr)cc2C)cc1. The molecular formula is C17H19BrO2. The van der Waals surface area contributed by atoms with Gasteiger partial charge in [-0.3, -0.25) is 0 Å². The Hall–Kier alpha value is -1.48. The van der Waals surface area contributed by atoms with Crippen molar-refractivity contribution in [1.29, 1.82) is 0 Å². The Morgan fingerprint density at radius 3 is 2.00 bits per heavy atom. The van der Waals surface area contributed by atoms with E-state index in [1.165, 1.54) is 5.56 Å². The summed E-state index contributed by atoms with van der Waals surface area (Å²) in [7, 11) is 1.66. The molecule has 106 valence electrons. The third kappa shape index (κ3) is 3.54. The average molecular weight is 335 g/mol. The molecule has 2 aromatic rings. The number of rotatable bonds is 5. The Morgan fingerprint density at radius 1 is 0.950 bits per heavy atom. The predicted molar refractivity (Wildman–Crippen MR) is 86.5 cm³/mol. The van der Waals surface area contributed by atoms with E-state index in [2.05, 4.69) is 41.9 Å². The molecule has 0 bridgehead atoms. The molecule has 0 aromatic heterocycles. The zero-order valence-electron chi connectivity index (χ0n) is 12.1. The van der Waals surface area contributed by atoms with Crippen LogP contribution in [0.15, 0.2) is 36.4 Å². The van der Waals surface area contributed by atoms with Gasteiger partial charge in [0.1, 0.15) is 17.2 Å². The quantitative estimate of drug-likeness (QED) is 0.713.